The van der Waals surface area contributed by atoms with E-state index >= 15 is 0 Å². The highest BCUT2D eigenvalue weighted by Gasteiger charge is 2.41. The van der Waals surface area contributed by atoms with Gasteiger partial charge in [-0.05, 0) is 35.4 Å². The van der Waals surface area contributed by atoms with Crippen molar-refractivity contribution in [2.75, 3.05) is 11.5 Å². The van der Waals surface area contributed by atoms with E-state index in [-0.39, 0.29) is 40.4 Å². The number of alkyl halides is 6. The summed E-state index contributed by atoms with van der Waals surface area (Å²) in [7, 11) is 0. The lowest BCUT2D eigenvalue weighted by atomic mass is 9.91. The van der Waals surface area contributed by atoms with Gasteiger partial charge >= 0.3 is 18.3 Å². The summed E-state index contributed by atoms with van der Waals surface area (Å²) in [5.74, 6) is -2.56. The van der Waals surface area contributed by atoms with Gasteiger partial charge in [-0.15, -0.1) is 0 Å². The van der Waals surface area contributed by atoms with Gasteiger partial charge in [-0.1, -0.05) is 6.07 Å². The van der Waals surface area contributed by atoms with E-state index in [2.05, 4.69) is 9.97 Å². The second-order valence-corrected chi connectivity index (χ2v) is 5.95. The molecule has 0 aliphatic heterocycles. The Bertz CT molecular complexity index is 1140. The Morgan fingerprint density at radius 1 is 0.931 bits per heavy atom. The van der Waals surface area contributed by atoms with E-state index in [1.54, 1.807) is 0 Å². The molecule has 0 saturated carbocycles. The number of nitrogens with zero attached hydrogens (tertiary/aromatic N) is 2. The largest absolute Gasteiger partial charge is 0.478 e. The Hall–Kier alpha value is -3.57. The fourth-order valence-corrected chi connectivity index (χ4v) is 2.85. The molecule has 12 heteroatoms. The molecule has 0 amide bonds. The number of carboxylic acid groups (broad SMARTS) is 1. The minimum atomic E-state index is -5.24. The molecule has 0 radical (unpaired) electrons. The molecule has 0 aliphatic rings. The van der Waals surface area contributed by atoms with Gasteiger partial charge in [-0.3, -0.25) is 0 Å². The van der Waals surface area contributed by atoms with Crippen LogP contribution < -0.4 is 11.5 Å². The number of nitrogen functional groups attached to an aromatic ring is 2. The third kappa shape index (κ3) is 3.73. The maximum absolute atomic E-state index is 13.6. The van der Waals surface area contributed by atoms with Gasteiger partial charge in [0.2, 0.25) is 5.95 Å². The van der Waals surface area contributed by atoms with Gasteiger partial charge in [0.05, 0.1) is 22.2 Å². The third-order valence-electron chi connectivity index (χ3n) is 4.03. The molecule has 2 aromatic carbocycles. The third-order valence-corrected chi connectivity index (χ3v) is 4.03. The smallest absolute Gasteiger partial charge is 0.417 e. The van der Waals surface area contributed by atoms with E-state index in [9.17, 15) is 31.1 Å². The SMILES string of the molecule is Nc1nc(N)c2cc(-c3cc(C(F)(F)F)cc(C(=O)O)c3C(F)(F)F)ccc2n1. The predicted octanol–water partition coefficient (Wildman–Crippen LogP) is 4.20. The highest BCUT2D eigenvalue weighted by atomic mass is 19.4. The molecule has 1 aromatic heterocycles. The molecule has 0 spiro atoms. The molecule has 3 aromatic rings. The fraction of sp³-hybridized carbons (Fsp3) is 0.118. The van der Waals surface area contributed by atoms with Crippen LogP contribution in [0.3, 0.4) is 0 Å². The zero-order chi connectivity index (χ0) is 21.7. The Morgan fingerprint density at radius 2 is 1.59 bits per heavy atom. The van der Waals surface area contributed by atoms with Crippen molar-refractivity contribution in [3.8, 4) is 11.1 Å². The highest BCUT2D eigenvalue weighted by molar-refractivity contribution is 5.96. The number of carbonyl (C=O) groups is 1. The Labute approximate surface area is 157 Å². The first-order chi connectivity index (χ1) is 13.3. The van der Waals surface area contributed by atoms with E-state index in [1.165, 1.54) is 6.07 Å². The van der Waals surface area contributed by atoms with Crippen molar-refractivity contribution in [2.45, 2.75) is 12.4 Å². The number of nitrogens with two attached hydrogens (primary N) is 2. The second-order valence-electron chi connectivity index (χ2n) is 5.95. The van der Waals surface area contributed by atoms with Crippen molar-refractivity contribution in [3.05, 3.63) is 47.0 Å². The van der Waals surface area contributed by atoms with Crippen molar-refractivity contribution in [3.63, 3.8) is 0 Å². The zero-order valence-electron chi connectivity index (χ0n) is 14.1. The van der Waals surface area contributed by atoms with Crippen LogP contribution in [-0.4, -0.2) is 21.0 Å². The molecule has 3 rings (SSSR count). The number of hydrogen-bond donors (Lipinski definition) is 3. The van der Waals surface area contributed by atoms with Crippen molar-refractivity contribution in [1.82, 2.24) is 9.97 Å². The number of hydrogen-bond acceptors (Lipinski definition) is 5. The molecular formula is C17H10F6N4O2. The summed E-state index contributed by atoms with van der Waals surface area (Å²) < 4.78 is 80.4. The Morgan fingerprint density at radius 3 is 2.14 bits per heavy atom. The van der Waals surface area contributed by atoms with Crippen LogP contribution in [-0.2, 0) is 12.4 Å². The first kappa shape index (κ1) is 20.2. The Kier molecular flexibility index (Phi) is 4.52. The van der Waals surface area contributed by atoms with Gasteiger partial charge in [-0.2, -0.15) is 31.3 Å². The average molecular weight is 416 g/mol. The van der Waals surface area contributed by atoms with Gasteiger partial charge in [0.1, 0.15) is 5.82 Å². The molecule has 1 heterocycles. The number of anilines is 2. The van der Waals surface area contributed by atoms with E-state index in [0.29, 0.717) is 0 Å². The van der Waals surface area contributed by atoms with Crippen molar-refractivity contribution >= 4 is 28.6 Å². The van der Waals surface area contributed by atoms with Gasteiger partial charge in [-0.25, -0.2) is 9.78 Å². The first-order valence-corrected chi connectivity index (χ1v) is 7.68. The predicted molar refractivity (Wildman–Crippen MR) is 90.8 cm³/mol. The van der Waals surface area contributed by atoms with Crippen LogP contribution in [0.2, 0.25) is 0 Å². The summed E-state index contributed by atoms with van der Waals surface area (Å²) in [5.41, 5.74) is 5.16. The van der Waals surface area contributed by atoms with Crippen LogP contribution in [0.5, 0.6) is 0 Å². The number of aromatic nitrogens is 2. The molecule has 0 saturated heterocycles. The number of aromatic carboxylic acids is 1. The lowest BCUT2D eigenvalue weighted by Gasteiger charge is -2.19. The summed E-state index contributed by atoms with van der Waals surface area (Å²) in [6.07, 6.45) is -10.3. The van der Waals surface area contributed by atoms with E-state index in [1.807, 2.05) is 0 Å². The summed E-state index contributed by atoms with van der Waals surface area (Å²) in [5, 5.41) is 9.16. The van der Waals surface area contributed by atoms with Gasteiger partial charge in [0.15, 0.2) is 0 Å². The number of halogens is 6. The van der Waals surface area contributed by atoms with Crippen molar-refractivity contribution < 1.29 is 36.2 Å². The molecule has 0 bridgehead atoms. The fourth-order valence-electron chi connectivity index (χ4n) is 2.85. The summed E-state index contributed by atoms with van der Waals surface area (Å²) in [6, 6.07) is 3.49. The normalized spacial score (nSPS) is 12.3. The van der Waals surface area contributed by atoms with Gasteiger partial charge in [0.25, 0.3) is 0 Å². The molecule has 29 heavy (non-hydrogen) atoms. The van der Waals surface area contributed by atoms with Crippen molar-refractivity contribution in [1.29, 1.82) is 0 Å². The lowest BCUT2D eigenvalue weighted by molar-refractivity contribution is -0.141. The number of carboxylic acids is 1. The van der Waals surface area contributed by atoms with Crippen LogP contribution in [0.4, 0.5) is 38.1 Å². The van der Waals surface area contributed by atoms with Crippen molar-refractivity contribution in [2.24, 2.45) is 0 Å². The maximum Gasteiger partial charge on any atom is 0.417 e. The summed E-state index contributed by atoms with van der Waals surface area (Å²) in [4.78, 5) is 18.8. The van der Waals surface area contributed by atoms with Crippen LogP contribution >= 0.6 is 0 Å². The van der Waals surface area contributed by atoms with Gasteiger partial charge in [0, 0.05) is 5.39 Å². The quantitative estimate of drug-likeness (QED) is 0.540. The molecule has 152 valence electrons. The first-order valence-electron chi connectivity index (χ1n) is 7.68. The Balaban J connectivity index is 2.42. The molecule has 0 atom stereocenters. The van der Waals surface area contributed by atoms with Crippen LogP contribution in [0.1, 0.15) is 21.5 Å². The molecule has 0 fully saturated rings. The molecule has 0 aliphatic carbocycles. The topological polar surface area (TPSA) is 115 Å². The van der Waals surface area contributed by atoms with Crippen LogP contribution in [0, 0.1) is 0 Å². The molecule has 0 unspecified atom stereocenters. The lowest BCUT2D eigenvalue weighted by Crippen LogP contribution is -2.17. The maximum atomic E-state index is 13.6. The van der Waals surface area contributed by atoms with Crippen LogP contribution in [0.25, 0.3) is 22.0 Å². The minimum Gasteiger partial charge on any atom is -0.478 e. The number of rotatable bonds is 2. The minimum absolute atomic E-state index is 0.0408. The molecular weight excluding hydrogens is 406 g/mol. The van der Waals surface area contributed by atoms with E-state index in [0.717, 1.165) is 12.1 Å². The summed E-state index contributed by atoms with van der Waals surface area (Å²) >= 11 is 0. The van der Waals surface area contributed by atoms with E-state index < -0.39 is 40.6 Å². The monoisotopic (exact) mass is 416 g/mol. The molecule has 5 N–H and O–H groups in total. The number of fused-ring (bicyclic) bond motifs is 1. The highest BCUT2D eigenvalue weighted by Crippen LogP contribution is 2.43. The van der Waals surface area contributed by atoms with Gasteiger partial charge < -0.3 is 16.6 Å². The average Bonchev–Trinajstić information content (AvgIpc) is 2.58. The summed E-state index contributed by atoms with van der Waals surface area (Å²) in [6.45, 7) is 0. The number of benzene rings is 2. The standard InChI is InChI=1S/C17H10F6N4O2/c18-16(19,20)7-4-8(12(17(21,22)23)10(5-7)14(28)29)6-1-2-11-9(3-6)13(24)27-15(25)26-11/h1-5H,(H,28,29)(H4,24,25,26,27). The second kappa shape index (κ2) is 6.50. The van der Waals surface area contributed by atoms with E-state index in [4.69, 9.17) is 16.6 Å². The van der Waals surface area contributed by atoms with Crippen LogP contribution in [0.15, 0.2) is 30.3 Å². The zero-order valence-corrected chi connectivity index (χ0v) is 14.1. The molecule has 6 nitrogen and oxygen atoms in total.